The molecule has 0 aliphatic heterocycles. The molecular weight excluding hydrogens is 352 g/mol. The van der Waals surface area contributed by atoms with E-state index >= 15 is 0 Å². The van der Waals surface area contributed by atoms with Crippen LogP contribution in [0.4, 0.5) is 0 Å². The molecule has 8 nitrogen and oxygen atoms in total. The molecule has 0 heterocycles. The fourth-order valence-corrected chi connectivity index (χ4v) is 2.03. The third-order valence-corrected chi connectivity index (χ3v) is 3.55. The molecule has 0 aliphatic rings. The Morgan fingerprint density at radius 2 is 1.60 bits per heavy atom. The zero-order valence-electron chi connectivity index (χ0n) is 12.9. The van der Waals surface area contributed by atoms with E-state index in [0.717, 1.165) is 12.1 Å². The van der Waals surface area contributed by atoms with E-state index in [2.05, 4.69) is 11.3 Å². The Balaban J connectivity index is 0.000000271. The van der Waals surface area contributed by atoms with Gasteiger partial charge in [-0.2, -0.15) is 8.42 Å². The number of benzene rings is 2. The molecule has 0 saturated carbocycles. The van der Waals surface area contributed by atoms with Gasteiger partial charge >= 0.3 is 5.97 Å². The summed E-state index contributed by atoms with van der Waals surface area (Å²) in [5.74, 6) is -2.56. The monoisotopic (exact) mass is 368 g/mol. The minimum atomic E-state index is -4.00. The van der Waals surface area contributed by atoms with E-state index in [9.17, 15) is 13.2 Å². The number of aromatic hydroxyl groups is 3. The average molecular weight is 368 g/mol. The minimum Gasteiger partial charge on any atom is -0.504 e. The number of phenolic OH excluding ortho intramolecular Hbond substituents is 3. The van der Waals surface area contributed by atoms with Gasteiger partial charge in [0.1, 0.15) is 6.61 Å². The Morgan fingerprint density at radius 1 is 1.08 bits per heavy atom. The van der Waals surface area contributed by atoms with Gasteiger partial charge in [-0.25, -0.2) is 4.79 Å². The summed E-state index contributed by atoms with van der Waals surface area (Å²) in [6.45, 7) is 3.39. The van der Waals surface area contributed by atoms with Gasteiger partial charge in [0, 0.05) is 0 Å². The van der Waals surface area contributed by atoms with E-state index in [-0.39, 0.29) is 17.1 Å². The Morgan fingerprint density at radius 3 is 2.00 bits per heavy atom. The quantitative estimate of drug-likeness (QED) is 0.278. The van der Waals surface area contributed by atoms with E-state index in [1.54, 1.807) is 18.2 Å². The van der Waals surface area contributed by atoms with E-state index in [4.69, 9.17) is 19.9 Å². The van der Waals surface area contributed by atoms with Gasteiger partial charge in [-0.15, -0.1) is 0 Å². The summed E-state index contributed by atoms with van der Waals surface area (Å²) in [6, 6.07) is 9.42. The van der Waals surface area contributed by atoms with Gasteiger partial charge < -0.3 is 20.1 Å². The molecule has 0 radical (unpaired) electrons. The Bertz CT molecular complexity index is 821. The van der Waals surface area contributed by atoms with Crippen molar-refractivity contribution in [1.29, 1.82) is 0 Å². The molecule has 0 aromatic heterocycles. The Labute approximate surface area is 144 Å². The van der Waals surface area contributed by atoms with Gasteiger partial charge in [0.05, 0.1) is 10.5 Å². The molecule has 9 heteroatoms. The van der Waals surface area contributed by atoms with Gasteiger partial charge in [0.25, 0.3) is 10.1 Å². The van der Waals surface area contributed by atoms with Crippen LogP contribution in [0.15, 0.2) is 60.0 Å². The first-order valence-corrected chi connectivity index (χ1v) is 8.16. The normalized spacial score (nSPS) is 10.3. The van der Waals surface area contributed by atoms with Crippen LogP contribution in [0.25, 0.3) is 0 Å². The van der Waals surface area contributed by atoms with Crippen molar-refractivity contribution in [1.82, 2.24) is 0 Å². The lowest BCUT2D eigenvalue weighted by molar-refractivity contribution is 0.0548. The highest BCUT2D eigenvalue weighted by Crippen LogP contribution is 2.35. The molecule has 0 fully saturated rings. The molecular formula is C16H16O8S. The summed E-state index contributed by atoms with van der Waals surface area (Å²) < 4.78 is 33.9. The summed E-state index contributed by atoms with van der Waals surface area (Å²) in [4.78, 5) is 11.2. The van der Waals surface area contributed by atoms with E-state index in [1.807, 2.05) is 0 Å². The molecule has 25 heavy (non-hydrogen) atoms. The molecule has 0 aliphatic carbocycles. The van der Waals surface area contributed by atoms with Crippen molar-refractivity contribution in [3.63, 3.8) is 0 Å². The molecule has 2 aromatic carbocycles. The molecule has 0 spiro atoms. The molecule has 2 aromatic rings. The smallest absolute Gasteiger partial charge is 0.338 e. The molecule has 2 rings (SSSR count). The summed E-state index contributed by atoms with van der Waals surface area (Å²) in [5.41, 5.74) is -0.0512. The minimum absolute atomic E-state index is 0.0290. The van der Waals surface area contributed by atoms with Crippen LogP contribution < -0.4 is 0 Å². The Kier molecular flexibility index (Phi) is 6.97. The third kappa shape index (κ3) is 6.16. The second-order valence-electron chi connectivity index (χ2n) is 4.54. The van der Waals surface area contributed by atoms with Crippen molar-refractivity contribution in [2.24, 2.45) is 0 Å². The maximum atomic E-state index is 11.2. The van der Waals surface area contributed by atoms with E-state index < -0.39 is 33.3 Å². The maximum absolute atomic E-state index is 11.2. The van der Waals surface area contributed by atoms with Crippen molar-refractivity contribution >= 4 is 16.1 Å². The van der Waals surface area contributed by atoms with Gasteiger partial charge in [0.15, 0.2) is 17.2 Å². The maximum Gasteiger partial charge on any atom is 0.338 e. The first-order chi connectivity index (χ1) is 11.7. The number of carbonyl (C=O) groups excluding carboxylic acids is 1. The molecule has 0 saturated heterocycles. The van der Waals surface area contributed by atoms with Gasteiger partial charge in [-0.1, -0.05) is 30.9 Å². The second-order valence-corrected chi connectivity index (χ2v) is 5.96. The summed E-state index contributed by atoms with van der Waals surface area (Å²) in [6.07, 6.45) is 1.39. The highest BCUT2D eigenvalue weighted by molar-refractivity contribution is 7.85. The first kappa shape index (κ1) is 20.0. The number of ether oxygens (including phenoxy) is 1. The second kappa shape index (κ2) is 8.71. The van der Waals surface area contributed by atoms with Crippen molar-refractivity contribution < 1.29 is 37.8 Å². The lowest BCUT2D eigenvalue weighted by atomic mass is 10.2. The van der Waals surface area contributed by atoms with Crippen LogP contribution >= 0.6 is 0 Å². The summed E-state index contributed by atoms with van der Waals surface area (Å²) >= 11 is 0. The van der Waals surface area contributed by atoms with Crippen LogP contribution in [-0.2, 0) is 14.9 Å². The molecule has 0 bridgehead atoms. The zero-order chi connectivity index (χ0) is 19.0. The number of rotatable bonds is 4. The number of hydrogen-bond donors (Lipinski definition) is 4. The van der Waals surface area contributed by atoms with Crippen molar-refractivity contribution in [2.75, 3.05) is 6.61 Å². The molecule has 0 amide bonds. The average Bonchev–Trinajstić information content (AvgIpc) is 2.57. The highest BCUT2D eigenvalue weighted by Gasteiger charge is 2.13. The van der Waals surface area contributed by atoms with Crippen molar-refractivity contribution in [2.45, 2.75) is 4.90 Å². The van der Waals surface area contributed by atoms with Crippen LogP contribution in [0.3, 0.4) is 0 Å². The standard InChI is InChI=1S/C10H10O5.C6H6O3S/c1-2-3-15-10(14)6-4-7(11)9(13)8(12)5-6;7-10(8,9)6-4-2-1-3-5-6/h2,4-5,11-13H,1,3H2;1-5H,(H,7,8,9). The molecule has 0 unspecified atom stereocenters. The van der Waals surface area contributed by atoms with E-state index in [0.29, 0.717) is 0 Å². The largest absolute Gasteiger partial charge is 0.504 e. The van der Waals surface area contributed by atoms with Crippen LogP contribution in [0.2, 0.25) is 0 Å². The fraction of sp³-hybridized carbons (Fsp3) is 0.0625. The SMILES string of the molecule is C=CCOC(=O)c1cc(O)c(O)c(O)c1.O=S(=O)(O)c1ccccc1. The summed E-state index contributed by atoms with van der Waals surface area (Å²) in [7, 11) is -4.00. The van der Waals surface area contributed by atoms with E-state index in [1.165, 1.54) is 18.2 Å². The molecule has 134 valence electrons. The predicted octanol–water partition coefficient (Wildman–Crippen LogP) is 2.08. The fourth-order valence-electron chi connectivity index (χ4n) is 1.53. The molecule has 4 N–H and O–H groups in total. The van der Waals surface area contributed by atoms with Crippen LogP contribution in [-0.4, -0.2) is 40.9 Å². The zero-order valence-corrected chi connectivity index (χ0v) is 13.7. The Hall–Kier alpha value is -3.04. The lowest BCUT2D eigenvalue weighted by Crippen LogP contribution is -2.04. The topological polar surface area (TPSA) is 141 Å². The van der Waals surface area contributed by atoms with Gasteiger partial charge in [0.2, 0.25) is 0 Å². The van der Waals surface area contributed by atoms with Crippen LogP contribution in [0.5, 0.6) is 17.2 Å². The number of esters is 1. The van der Waals surface area contributed by atoms with Crippen LogP contribution in [0, 0.1) is 0 Å². The lowest BCUT2D eigenvalue weighted by Gasteiger charge is -2.05. The van der Waals surface area contributed by atoms with Gasteiger partial charge in [-0.3, -0.25) is 4.55 Å². The highest BCUT2D eigenvalue weighted by atomic mass is 32.2. The number of phenols is 3. The number of hydrogen-bond acceptors (Lipinski definition) is 7. The van der Waals surface area contributed by atoms with Crippen molar-refractivity contribution in [3.05, 3.63) is 60.7 Å². The third-order valence-electron chi connectivity index (χ3n) is 2.68. The van der Waals surface area contributed by atoms with Gasteiger partial charge in [-0.05, 0) is 24.3 Å². The molecule has 0 atom stereocenters. The first-order valence-electron chi connectivity index (χ1n) is 6.72. The summed E-state index contributed by atoms with van der Waals surface area (Å²) in [5, 5.41) is 27.3. The van der Waals surface area contributed by atoms with Crippen LogP contribution in [0.1, 0.15) is 10.4 Å². The number of carbonyl (C=O) groups is 1. The van der Waals surface area contributed by atoms with Crippen molar-refractivity contribution in [3.8, 4) is 17.2 Å². The predicted molar refractivity (Wildman–Crippen MR) is 88.2 cm³/mol.